The standard InChI is InChI=1S/C27H33N5S/c33-27-30-25(23-15-7-8-17-29-23)26(24-16-9-19-31(24)22-13-5-2-6-14-22)32(27)20-10-18-28-21-11-3-1-4-12-21/h1,3-4,7-9,11-12,15-17,19,22,25-26,28H,2,5-6,10,13-14,18,20H2,(H,30,33). The van der Waals surface area contributed by atoms with E-state index in [0.29, 0.717) is 6.04 Å². The fourth-order valence-electron chi connectivity index (χ4n) is 5.36. The van der Waals surface area contributed by atoms with Gasteiger partial charge in [-0.2, -0.15) is 0 Å². The first-order valence-electron chi connectivity index (χ1n) is 12.2. The highest BCUT2D eigenvalue weighted by Crippen LogP contribution is 2.41. The first kappa shape index (κ1) is 22.0. The maximum atomic E-state index is 5.87. The lowest BCUT2D eigenvalue weighted by atomic mass is 9.94. The molecule has 2 atom stereocenters. The highest BCUT2D eigenvalue weighted by Gasteiger charge is 2.41. The van der Waals surface area contributed by atoms with E-state index in [9.17, 15) is 0 Å². The second kappa shape index (κ2) is 10.4. The first-order valence-corrected chi connectivity index (χ1v) is 12.7. The Kier molecular flexibility index (Phi) is 6.91. The highest BCUT2D eigenvalue weighted by molar-refractivity contribution is 7.80. The maximum Gasteiger partial charge on any atom is 0.170 e. The molecule has 5 rings (SSSR count). The third-order valence-corrected chi connectivity index (χ3v) is 7.31. The van der Waals surface area contributed by atoms with Crippen LogP contribution in [0.25, 0.3) is 0 Å². The summed E-state index contributed by atoms with van der Waals surface area (Å²) < 4.78 is 2.53. The minimum Gasteiger partial charge on any atom is -0.385 e. The molecule has 1 aliphatic heterocycles. The third kappa shape index (κ3) is 4.91. The van der Waals surface area contributed by atoms with Gasteiger partial charge >= 0.3 is 0 Å². The summed E-state index contributed by atoms with van der Waals surface area (Å²) in [7, 11) is 0. The summed E-state index contributed by atoms with van der Waals surface area (Å²) in [4.78, 5) is 7.08. The van der Waals surface area contributed by atoms with Crippen molar-refractivity contribution in [2.45, 2.75) is 56.7 Å². The van der Waals surface area contributed by atoms with Crippen molar-refractivity contribution >= 4 is 23.0 Å². The zero-order chi connectivity index (χ0) is 22.5. The molecule has 3 aromatic rings. The Bertz CT molecular complexity index is 1030. The van der Waals surface area contributed by atoms with Crippen molar-refractivity contribution in [1.82, 2.24) is 19.8 Å². The van der Waals surface area contributed by atoms with Crippen LogP contribution in [-0.4, -0.2) is 32.7 Å². The average Bonchev–Trinajstić information content (AvgIpc) is 3.48. The van der Waals surface area contributed by atoms with Crippen molar-refractivity contribution < 1.29 is 0 Å². The van der Waals surface area contributed by atoms with Gasteiger partial charge in [-0.05, 0) is 67.9 Å². The molecule has 6 heteroatoms. The molecule has 1 aliphatic carbocycles. The summed E-state index contributed by atoms with van der Waals surface area (Å²) in [5, 5.41) is 7.97. The lowest BCUT2D eigenvalue weighted by molar-refractivity contribution is 0.279. The zero-order valence-corrected chi connectivity index (χ0v) is 19.9. The Balaban J connectivity index is 1.37. The number of hydrogen-bond acceptors (Lipinski definition) is 3. The van der Waals surface area contributed by atoms with E-state index >= 15 is 0 Å². The fraction of sp³-hybridized carbons (Fsp3) is 0.407. The highest BCUT2D eigenvalue weighted by atomic mass is 32.1. The summed E-state index contributed by atoms with van der Waals surface area (Å²) in [5.41, 5.74) is 3.56. The summed E-state index contributed by atoms with van der Waals surface area (Å²) >= 11 is 5.87. The van der Waals surface area contributed by atoms with Gasteiger partial charge in [0.1, 0.15) is 0 Å². The molecule has 0 radical (unpaired) electrons. The van der Waals surface area contributed by atoms with Crippen LogP contribution in [0.3, 0.4) is 0 Å². The van der Waals surface area contributed by atoms with Crippen LogP contribution in [0.5, 0.6) is 0 Å². The van der Waals surface area contributed by atoms with Gasteiger partial charge in [-0.25, -0.2) is 0 Å². The van der Waals surface area contributed by atoms with Crippen molar-refractivity contribution in [2.24, 2.45) is 0 Å². The molecule has 5 nitrogen and oxygen atoms in total. The molecule has 2 aliphatic rings. The normalized spacial score (nSPS) is 21.2. The minimum absolute atomic E-state index is 0.0537. The van der Waals surface area contributed by atoms with Gasteiger partial charge in [-0.3, -0.25) is 4.98 Å². The molecule has 0 bridgehead atoms. The average molecular weight is 460 g/mol. The van der Waals surface area contributed by atoms with Crippen LogP contribution in [-0.2, 0) is 0 Å². The number of aromatic nitrogens is 2. The Hall–Kier alpha value is -2.86. The molecular weight excluding hydrogens is 426 g/mol. The molecule has 172 valence electrons. The van der Waals surface area contributed by atoms with Gasteiger partial charge < -0.3 is 20.1 Å². The van der Waals surface area contributed by atoms with Crippen molar-refractivity contribution in [3.8, 4) is 0 Å². The minimum atomic E-state index is 0.0537. The van der Waals surface area contributed by atoms with Crippen molar-refractivity contribution in [3.05, 3.63) is 84.4 Å². The van der Waals surface area contributed by atoms with Gasteiger partial charge in [-0.15, -0.1) is 0 Å². The molecule has 0 amide bonds. The molecule has 1 aromatic carbocycles. The Morgan fingerprint density at radius 2 is 1.79 bits per heavy atom. The smallest absolute Gasteiger partial charge is 0.170 e. The Morgan fingerprint density at radius 1 is 0.970 bits per heavy atom. The fourth-order valence-corrected chi connectivity index (χ4v) is 5.69. The Labute approximate surface area is 202 Å². The zero-order valence-electron chi connectivity index (χ0n) is 19.1. The molecule has 3 heterocycles. The van der Waals surface area contributed by atoms with Crippen molar-refractivity contribution in [2.75, 3.05) is 18.4 Å². The molecule has 2 N–H and O–H groups in total. The quantitative estimate of drug-likeness (QED) is 0.326. The van der Waals surface area contributed by atoms with E-state index in [1.807, 2.05) is 18.3 Å². The first-order chi connectivity index (χ1) is 16.3. The molecule has 2 aromatic heterocycles. The van der Waals surface area contributed by atoms with Crippen molar-refractivity contribution in [3.63, 3.8) is 0 Å². The largest absolute Gasteiger partial charge is 0.385 e. The molecule has 33 heavy (non-hydrogen) atoms. The van der Waals surface area contributed by atoms with Gasteiger partial charge in [0.2, 0.25) is 0 Å². The van der Waals surface area contributed by atoms with Crippen LogP contribution in [0.4, 0.5) is 5.69 Å². The number of pyridine rings is 1. The SMILES string of the molecule is S=C1NC(c2ccccn2)C(c2cccn2C2CCCCC2)N1CCCNc1ccccc1. The predicted octanol–water partition coefficient (Wildman–Crippen LogP) is 5.86. The molecule has 0 spiro atoms. The number of hydrogen-bond donors (Lipinski definition) is 2. The van der Waals surface area contributed by atoms with Crippen LogP contribution in [0.15, 0.2) is 73.1 Å². The number of nitrogens with one attached hydrogen (secondary N) is 2. The van der Waals surface area contributed by atoms with Crippen LogP contribution in [0.1, 0.15) is 68.0 Å². The predicted molar refractivity (Wildman–Crippen MR) is 138 cm³/mol. The van der Waals surface area contributed by atoms with Gasteiger partial charge in [0, 0.05) is 42.9 Å². The number of thiocarbonyl (C=S) groups is 1. The summed E-state index contributed by atoms with van der Waals surface area (Å²) in [6.45, 7) is 1.81. The van der Waals surface area contributed by atoms with E-state index in [0.717, 1.165) is 36.0 Å². The Morgan fingerprint density at radius 3 is 2.58 bits per heavy atom. The van der Waals surface area contributed by atoms with E-state index in [1.54, 1.807) is 0 Å². The van der Waals surface area contributed by atoms with Gasteiger partial charge in [-0.1, -0.05) is 43.5 Å². The topological polar surface area (TPSA) is 45.1 Å². The lowest BCUT2D eigenvalue weighted by Crippen LogP contribution is -2.33. The molecule has 2 unspecified atom stereocenters. The van der Waals surface area contributed by atoms with E-state index in [2.05, 4.69) is 74.8 Å². The molecular formula is C27H33N5S. The summed E-state index contributed by atoms with van der Waals surface area (Å²) in [6.07, 6.45) is 11.7. The van der Waals surface area contributed by atoms with Crippen LogP contribution in [0.2, 0.25) is 0 Å². The number of rotatable bonds is 8. The molecule has 1 saturated carbocycles. The number of para-hydroxylation sites is 1. The lowest BCUT2D eigenvalue weighted by Gasteiger charge is -2.32. The molecule has 2 fully saturated rings. The van der Waals surface area contributed by atoms with Crippen molar-refractivity contribution in [1.29, 1.82) is 0 Å². The van der Waals surface area contributed by atoms with Gasteiger partial charge in [0.15, 0.2) is 5.11 Å². The number of nitrogens with zero attached hydrogens (tertiary/aromatic N) is 3. The van der Waals surface area contributed by atoms with Crippen LogP contribution >= 0.6 is 12.2 Å². The van der Waals surface area contributed by atoms with Gasteiger partial charge in [0.05, 0.1) is 17.8 Å². The third-order valence-electron chi connectivity index (χ3n) is 6.96. The number of benzene rings is 1. The van der Waals surface area contributed by atoms with E-state index in [4.69, 9.17) is 17.2 Å². The number of anilines is 1. The molecule has 1 saturated heterocycles. The van der Waals surface area contributed by atoms with Crippen LogP contribution < -0.4 is 10.6 Å². The second-order valence-corrected chi connectivity index (χ2v) is 9.49. The van der Waals surface area contributed by atoms with E-state index in [-0.39, 0.29) is 12.1 Å². The van der Waals surface area contributed by atoms with Gasteiger partial charge in [0.25, 0.3) is 0 Å². The monoisotopic (exact) mass is 459 g/mol. The maximum absolute atomic E-state index is 5.87. The second-order valence-electron chi connectivity index (χ2n) is 9.10. The summed E-state index contributed by atoms with van der Waals surface area (Å²) in [6, 6.07) is 21.8. The van der Waals surface area contributed by atoms with E-state index in [1.165, 1.54) is 37.8 Å². The van der Waals surface area contributed by atoms with E-state index < -0.39 is 0 Å². The summed E-state index contributed by atoms with van der Waals surface area (Å²) in [5.74, 6) is 0. The van der Waals surface area contributed by atoms with Crippen LogP contribution in [0, 0.1) is 0 Å².